The van der Waals surface area contributed by atoms with E-state index in [2.05, 4.69) is 42.6 Å². The van der Waals surface area contributed by atoms with E-state index < -0.39 is 26.3 Å². The Balaban J connectivity index is 1.45. The molecule has 286 valence electrons. The van der Waals surface area contributed by atoms with Gasteiger partial charge in [0.15, 0.2) is 11.6 Å². The topological polar surface area (TPSA) is 84.7 Å². The van der Waals surface area contributed by atoms with Gasteiger partial charge in [0.05, 0.1) is 42.5 Å². The Labute approximate surface area is 313 Å². The molecule has 0 radical (unpaired) electrons. The molecule has 2 saturated heterocycles. The van der Waals surface area contributed by atoms with Crippen molar-refractivity contribution < 1.29 is 32.1 Å². The molecule has 0 amide bonds. The molecule has 9 heteroatoms. The van der Waals surface area contributed by atoms with E-state index in [4.69, 9.17) is 30.3 Å². The highest BCUT2D eigenvalue weighted by molar-refractivity contribution is 7.93. The van der Waals surface area contributed by atoms with Crippen molar-refractivity contribution in [3.63, 3.8) is 0 Å². The van der Waals surface area contributed by atoms with E-state index in [1.165, 1.54) is 0 Å². The fourth-order valence-electron chi connectivity index (χ4n) is 7.36. The minimum atomic E-state index is -4.04. The first-order chi connectivity index (χ1) is 24.7. The van der Waals surface area contributed by atoms with Crippen LogP contribution >= 0.6 is 0 Å². The maximum absolute atomic E-state index is 14.5. The zero-order chi connectivity index (χ0) is 37.8. The summed E-state index contributed by atoms with van der Waals surface area (Å²) in [6.07, 6.45) is 11.6. The van der Waals surface area contributed by atoms with Gasteiger partial charge in [-0.15, -0.1) is 6.58 Å². The average Bonchev–Trinajstić information content (AvgIpc) is 3.42. The number of hydrogen-bond donors (Lipinski definition) is 0. The summed E-state index contributed by atoms with van der Waals surface area (Å²) in [5.74, 6) is -1.62. The summed E-state index contributed by atoms with van der Waals surface area (Å²) in [5.41, 5.74) is 2.11. The maximum Gasteiger partial charge on any atom is 0.333 e. The monoisotopic (exact) mass is 735 g/mol. The molecule has 2 aromatic rings. The molecule has 2 aromatic carbocycles. The predicted molar refractivity (Wildman–Crippen MR) is 206 cm³/mol. The lowest BCUT2D eigenvalue weighted by Gasteiger charge is -2.41. The van der Waals surface area contributed by atoms with Gasteiger partial charge in [0, 0.05) is 19.3 Å². The largest absolute Gasteiger partial charge is 0.376 e. The Morgan fingerprint density at radius 2 is 1.62 bits per heavy atom. The Hall–Kier alpha value is -2.84. The van der Waals surface area contributed by atoms with Crippen molar-refractivity contribution in [2.75, 3.05) is 6.61 Å². The predicted octanol–water partition coefficient (Wildman–Crippen LogP) is 9.92. The van der Waals surface area contributed by atoms with Crippen molar-refractivity contribution in [1.82, 2.24) is 0 Å². The molecule has 52 heavy (non-hydrogen) atoms. The Morgan fingerprint density at radius 1 is 0.942 bits per heavy atom. The first-order valence-electron chi connectivity index (χ1n) is 19.0. The minimum absolute atomic E-state index is 0.000404. The molecule has 6 atom stereocenters. The van der Waals surface area contributed by atoms with Crippen LogP contribution in [0.1, 0.15) is 110 Å². The van der Waals surface area contributed by atoms with Crippen LogP contribution in [-0.2, 0) is 40.1 Å². The lowest BCUT2D eigenvalue weighted by atomic mass is 9.90. The minimum Gasteiger partial charge on any atom is -0.376 e. The van der Waals surface area contributed by atoms with E-state index >= 15 is 0 Å². The molecule has 0 spiro atoms. The van der Waals surface area contributed by atoms with Gasteiger partial charge in [-0.3, -0.25) is 4.85 Å². The maximum atomic E-state index is 14.5. The van der Waals surface area contributed by atoms with Crippen molar-refractivity contribution in [3.05, 3.63) is 102 Å². The number of nitrogens with zero attached hydrogens (tertiary/aromatic N) is 1. The van der Waals surface area contributed by atoms with Gasteiger partial charge in [0.25, 0.3) is 9.84 Å². The van der Waals surface area contributed by atoms with Crippen LogP contribution in [-0.4, -0.2) is 55.9 Å². The fraction of sp³-hybridized carbons (Fsp3) is 0.605. The summed E-state index contributed by atoms with van der Waals surface area (Å²) >= 11 is 0. The van der Waals surface area contributed by atoms with Gasteiger partial charge < -0.3 is 23.7 Å². The molecule has 0 bridgehead atoms. The highest BCUT2D eigenvalue weighted by Crippen LogP contribution is 2.42. The Bertz CT molecular complexity index is 1580. The Morgan fingerprint density at radius 3 is 2.29 bits per heavy atom. The molecular formula is C43H61NO7S. The third-order valence-electron chi connectivity index (χ3n) is 10.1. The highest BCUT2D eigenvalue weighted by Gasteiger charge is 2.53. The van der Waals surface area contributed by atoms with Crippen LogP contribution in [0.2, 0.25) is 0 Å². The van der Waals surface area contributed by atoms with Crippen LogP contribution in [0.5, 0.6) is 0 Å². The van der Waals surface area contributed by atoms with Crippen LogP contribution in [0, 0.1) is 19.4 Å². The van der Waals surface area contributed by atoms with Crippen molar-refractivity contribution in [2.24, 2.45) is 5.92 Å². The van der Waals surface area contributed by atoms with Gasteiger partial charge >= 0.3 is 4.87 Å². The van der Waals surface area contributed by atoms with Crippen molar-refractivity contribution in [3.8, 4) is 0 Å². The number of aryl methyl sites for hydroxylation is 1. The van der Waals surface area contributed by atoms with Crippen LogP contribution in [0.15, 0.2) is 84.3 Å². The molecule has 2 fully saturated rings. The summed E-state index contributed by atoms with van der Waals surface area (Å²) in [4.78, 5) is 2.52. The number of rotatable bonds is 20. The number of sulfone groups is 1. The second-order valence-electron chi connectivity index (χ2n) is 15.4. The van der Waals surface area contributed by atoms with Gasteiger partial charge in [-0.1, -0.05) is 73.2 Å². The lowest BCUT2D eigenvalue weighted by molar-refractivity contribution is -0.301. The summed E-state index contributed by atoms with van der Waals surface area (Å²) in [6, 6.07) is 17.0. The first-order valence-corrected chi connectivity index (χ1v) is 20.5. The highest BCUT2D eigenvalue weighted by atomic mass is 32.2. The third-order valence-corrected chi connectivity index (χ3v) is 12.5. The first kappa shape index (κ1) is 41.9. The van der Waals surface area contributed by atoms with E-state index in [0.717, 1.165) is 36.8 Å². The van der Waals surface area contributed by atoms with E-state index in [9.17, 15) is 8.42 Å². The molecule has 0 N–H and O–H groups in total. The molecule has 2 heterocycles. The lowest BCUT2D eigenvalue weighted by Crippen LogP contribution is -2.46. The SMILES string of the molecule is [C-]#[N+]C(CC[C@H]1C[C@H](CCCC=C)OC(C)(C)O1)(CC[C@@H](C)[C@H]1OC(C)(C)O[C@@H]1C/C=C\CCOCc1ccccc1)S(=O)(=O)c1ccc(C)cc1. The van der Waals surface area contributed by atoms with Gasteiger partial charge in [0.2, 0.25) is 0 Å². The van der Waals surface area contributed by atoms with E-state index in [0.29, 0.717) is 38.9 Å². The molecule has 1 unspecified atom stereocenters. The zero-order valence-corrected chi connectivity index (χ0v) is 33.0. The second kappa shape index (κ2) is 19.0. The van der Waals surface area contributed by atoms with Gasteiger partial charge in [0.1, 0.15) is 0 Å². The molecule has 0 aromatic heterocycles. The van der Waals surface area contributed by atoms with Gasteiger partial charge in [-0.2, -0.15) is 0 Å². The van der Waals surface area contributed by atoms with Crippen LogP contribution in [0.3, 0.4) is 0 Å². The van der Waals surface area contributed by atoms with Gasteiger partial charge in [-0.25, -0.2) is 15.0 Å². The summed E-state index contributed by atoms with van der Waals surface area (Å²) < 4.78 is 60.1. The molecule has 2 aliphatic heterocycles. The van der Waals surface area contributed by atoms with Crippen molar-refractivity contribution >= 4 is 9.84 Å². The Kier molecular flexibility index (Phi) is 15.3. The van der Waals surface area contributed by atoms with Crippen molar-refractivity contribution in [2.45, 2.75) is 158 Å². The van der Waals surface area contributed by atoms with Crippen LogP contribution in [0.25, 0.3) is 4.85 Å². The van der Waals surface area contributed by atoms with E-state index in [1.807, 2.05) is 58.9 Å². The summed E-state index contributed by atoms with van der Waals surface area (Å²) in [6.45, 7) is 25.2. The summed E-state index contributed by atoms with van der Waals surface area (Å²) in [7, 11) is -4.04. The average molecular weight is 736 g/mol. The number of unbranched alkanes of at least 4 members (excludes halogenated alkanes) is 1. The molecular weight excluding hydrogens is 675 g/mol. The molecule has 0 saturated carbocycles. The van der Waals surface area contributed by atoms with E-state index in [1.54, 1.807) is 24.3 Å². The second-order valence-corrected chi connectivity index (χ2v) is 17.7. The van der Waals surface area contributed by atoms with Gasteiger partial charge in [-0.05, 0) is 103 Å². The molecule has 8 nitrogen and oxygen atoms in total. The standard InChI is InChI=1S/C43H61NO7S/c1-9-10-13-20-36-31-37(49-41(4,5)48-36)27-29-43(44-8,52(45,46)38-24-22-33(2)23-25-38)28-26-34(3)40-39(50-42(6,7)51-40)21-16-12-17-30-47-32-35-18-14-11-15-19-35/h9,11-12,14-16,18-19,22-25,34,36-37,39-40H,1,10,13,17,20-21,26-32H2,2-7H3/b16-12-/t34-,36+,37+,39-,40-,43?/m1/s1. The van der Waals surface area contributed by atoms with E-state index in [-0.39, 0.29) is 48.1 Å². The number of benzene rings is 2. The number of hydrogen-bond acceptors (Lipinski definition) is 7. The quantitative estimate of drug-likeness (QED) is 0.0761. The molecule has 0 aliphatic carbocycles. The number of allylic oxidation sites excluding steroid dienone is 1. The third kappa shape index (κ3) is 11.8. The normalized spacial score (nSPS) is 24.6. The fourth-order valence-corrected chi connectivity index (χ4v) is 9.19. The van der Waals surface area contributed by atoms with Crippen LogP contribution in [0.4, 0.5) is 0 Å². The molecule has 2 aliphatic rings. The molecule has 4 rings (SSSR count). The number of ether oxygens (including phenoxy) is 5. The van der Waals surface area contributed by atoms with Crippen molar-refractivity contribution in [1.29, 1.82) is 0 Å². The van der Waals surface area contributed by atoms with Crippen LogP contribution < -0.4 is 0 Å². The summed E-state index contributed by atoms with van der Waals surface area (Å²) in [5, 5.41) is 0. The zero-order valence-electron chi connectivity index (χ0n) is 32.2. The smallest absolute Gasteiger partial charge is 0.333 e.